The summed E-state index contributed by atoms with van der Waals surface area (Å²) >= 11 is 7.47. The second-order valence-corrected chi connectivity index (χ2v) is 10.6. The van der Waals surface area contributed by atoms with Gasteiger partial charge in [-0.05, 0) is 66.6 Å². The summed E-state index contributed by atoms with van der Waals surface area (Å²) in [5.41, 5.74) is 1.48. The number of halogens is 2. The number of ether oxygens (including phenoxy) is 1. The first kappa shape index (κ1) is 27.7. The highest BCUT2D eigenvalue weighted by Gasteiger charge is 2.29. The van der Waals surface area contributed by atoms with Crippen LogP contribution in [-0.2, 0) is 22.6 Å². The highest BCUT2D eigenvalue weighted by Crippen LogP contribution is 2.26. The van der Waals surface area contributed by atoms with Gasteiger partial charge in [0, 0.05) is 36.2 Å². The number of rotatable bonds is 10. The fourth-order valence-electron chi connectivity index (χ4n) is 4.27. The molecule has 0 N–H and O–H groups in total. The lowest BCUT2D eigenvalue weighted by atomic mass is 10.1. The molecule has 1 unspecified atom stereocenters. The van der Waals surface area contributed by atoms with Crippen molar-refractivity contribution < 1.29 is 23.6 Å². The van der Waals surface area contributed by atoms with Crippen molar-refractivity contribution in [3.05, 3.63) is 96.4 Å². The van der Waals surface area contributed by atoms with Gasteiger partial charge in [0.25, 0.3) is 11.6 Å². The molecule has 2 amide bonds. The van der Waals surface area contributed by atoms with Gasteiger partial charge in [0.05, 0.1) is 17.6 Å². The molecule has 1 aliphatic rings. The molecule has 11 heteroatoms. The zero-order chi connectivity index (χ0) is 27.2. The normalized spacial score (nSPS) is 14.9. The molecule has 2 heterocycles. The van der Waals surface area contributed by atoms with Gasteiger partial charge in [-0.25, -0.2) is 4.39 Å². The van der Waals surface area contributed by atoms with Crippen LogP contribution in [-0.4, -0.2) is 52.3 Å². The standard InChI is InChI=1S/C27H27ClFN3O5S/c1-18-10-12-38-25(18)16-30(14-19-4-7-21(29)8-5-19)26(33)17-31(15-22-3-2-11-37-22)27(34)20-6-9-23(28)24(13-20)32(35)36/h4-10,12-13,22H,2-3,11,14-17H2,1H3. The summed E-state index contributed by atoms with van der Waals surface area (Å²) in [4.78, 5) is 42.0. The predicted octanol–water partition coefficient (Wildman–Crippen LogP) is 5.61. The molecule has 4 rings (SSSR count). The van der Waals surface area contributed by atoms with Crippen molar-refractivity contribution in [2.45, 2.75) is 39.0 Å². The van der Waals surface area contributed by atoms with Gasteiger partial charge in [-0.1, -0.05) is 23.7 Å². The van der Waals surface area contributed by atoms with Gasteiger partial charge in [-0.15, -0.1) is 11.3 Å². The molecule has 2 aromatic carbocycles. The van der Waals surface area contributed by atoms with Crippen molar-refractivity contribution in [3.8, 4) is 0 Å². The van der Waals surface area contributed by atoms with E-state index in [9.17, 15) is 24.1 Å². The van der Waals surface area contributed by atoms with Crippen molar-refractivity contribution in [2.24, 2.45) is 0 Å². The molecular weight excluding hydrogens is 533 g/mol. The van der Waals surface area contributed by atoms with Crippen molar-refractivity contribution in [1.29, 1.82) is 0 Å². The van der Waals surface area contributed by atoms with E-state index in [1.54, 1.807) is 17.0 Å². The molecule has 0 bridgehead atoms. The maximum absolute atomic E-state index is 13.7. The van der Waals surface area contributed by atoms with Crippen LogP contribution in [0.1, 0.15) is 39.2 Å². The molecule has 1 saturated heterocycles. The summed E-state index contributed by atoms with van der Waals surface area (Å²) in [5.74, 6) is -1.20. The van der Waals surface area contributed by atoms with Crippen LogP contribution in [0.4, 0.5) is 10.1 Å². The minimum Gasteiger partial charge on any atom is -0.376 e. The third-order valence-electron chi connectivity index (χ3n) is 6.39. The number of benzene rings is 2. The molecular formula is C27H27ClFN3O5S. The van der Waals surface area contributed by atoms with Crippen LogP contribution < -0.4 is 0 Å². The van der Waals surface area contributed by atoms with Crippen LogP contribution in [0.5, 0.6) is 0 Å². The number of carbonyl (C=O) groups is 2. The quantitative estimate of drug-likeness (QED) is 0.238. The summed E-state index contributed by atoms with van der Waals surface area (Å²) in [6.07, 6.45) is 1.35. The topological polar surface area (TPSA) is 93.0 Å². The van der Waals surface area contributed by atoms with E-state index in [1.807, 2.05) is 18.4 Å². The molecule has 1 aromatic heterocycles. The van der Waals surface area contributed by atoms with E-state index >= 15 is 0 Å². The fraction of sp³-hybridized carbons (Fsp3) is 0.333. The van der Waals surface area contributed by atoms with Crippen LogP contribution in [0.25, 0.3) is 0 Å². The van der Waals surface area contributed by atoms with Crippen LogP contribution in [0.3, 0.4) is 0 Å². The van der Waals surface area contributed by atoms with Gasteiger partial charge >= 0.3 is 0 Å². The first-order valence-electron chi connectivity index (χ1n) is 12.1. The van der Waals surface area contributed by atoms with Crippen molar-refractivity contribution in [1.82, 2.24) is 9.80 Å². The van der Waals surface area contributed by atoms with E-state index < -0.39 is 10.8 Å². The number of hydrogen-bond donors (Lipinski definition) is 0. The Morgan fingerprint density at radius 1 is 1.16 bits per heavy atom. The average Bonchev–Trinajstić information content (AvgIpc) is 3.55. The Labute approximate surface area is 228 Å². The highest BCUT2D eigenvalue weighted by molar-refractivity contribution is 7.10. The van der Waals surface area contributed by atoms with Gasteiger partial charge in [-0.3, -0.25) is 19.7 Å². The lowest BCUT2D eigenvalue weighted by molar-refractivity contribution is -0.384. The molecule has 1 aliphatic heterocycles. The summed E-state index contributed by atoms with van der Waals surface area (Å²) in [6, 6.07) is 11.8. The number of aryl methyl sites for hydroxylation is 1. The van der Waals surface area contributed by atoms with E-state index in [-0.39, 0.29) is 53.7 Å². The fourth-order valence-corrected chi connectivity index (χ4v) is 5.37. The highest BCUT2D eigenvalue weighted by atomic mass is 35.5. The Morgan fingerprint density at radius 3 is 2.55 bits per heavy atom. The minimum atomic E-state index is -0.650. The largest absolute Gasteiger partial charge is 0.376 e. The number of thiophene rings is 1. The summed E-state index contributed by atoms with van der Waals surface area (Å²) in [5, 5.41) is 13.3. The molecule has 0 saturated carbocycles. The smallest absolute Gasteiger partial charge is 0.288 e. The van der Waals surface area contributed by atoms with Gasteiger partial charge in [-0.2, -0.15) is 0 Å². The Balaban J connectivity index is 1.60. The number of nitrogens with zero attached hydrogens (tertiary/aromatic N) is 3. The summed E-state index contributed by atoms with van der Waals surface area (Å²) in [7, 11) is 0. The van der Waals surface area contributed by atoms with Crippen molar-refractivity contribution >= 4 is 40.4 Å². The molecule has 1 atom stereocenters. The molecule has 0 aliphatic carbocycles. The van der Waals surface area contributed by atoms with Gasteiger partial charge in [0.1, 0.15) is 17.4 Å². The van der Waals surface area contributed by atoms with E-state index in [2.05, 4.69) is 0 Å². The van der Waals surface area contributed by atoms with Gasteiger partial charge in [0.15, 0.2) is 0 Å². The van der Waals surface area contributed by atoms with Crippen LogP contribution in [0.15, 0.2) is 53.9 Å². The maximum atomic E-state index is 13.7. The van der Waals surface area contributed by atoms with Crippen LogP contribution in [0.2, 0.25) is 5.02 Å². The lowest BCUT2D eigenvalue weighted by Gasteiger charge is -2.29. The number of hydrogen-bond acceptors (Lipinski definition) is 6. The third-order valence-corrected chi connectivity index (χ3v) is 7.72. The SMILES string of the molecule is Cc1ccsc1CN(Cc1ccc(F)cc1)C(=O)CN(CC1CCCO1)C(=O)c1ccc(Cl)c([N+](=O)[O-])c1. The van der Waals surface area contributed by atoms with E-state index in [1.165, 1.54) is 40.5 Å². The van der Waals surface area contributed by atoms with Crippen LogP contribution in [0, 0.1) is 22.9 Å². The first-order valence-corrected chi connectivity index (χ1v) is 13.4. The monoisotopic (exact) mass is 559 g/mol. The van der Waals surface area contributed by atoms with E-state index in [0.29, 0.717) is 13.2 Å². The van der Waals surface area contributed by atoms with Crippen molar-refractivity contribution in [2.75, 3.05) is 19.7 Å². The number of amides is 2. The Morgan fingerprint density at radius 2 is 1.92 bits per heavy atom. The zero-order valence-electron chi connectivity index (χ0n) is 20.8. The summed E-state index contributed by atoms with van der Waals surface area (Å²) in [6.45, 7) is 3.01. The third kappa shape index (κ3) is 6.94. The van der Waals surface area contributed by atoms with E-state index in [0.717, 1.165) is 34.9 Å². The Hall–Kier alpha value is -3.34. The molecule has 0 spiro atoms. The molecule has 8 nitrogen and oxygen atoms in total. The first-order chi connectivity index (χ1) is 18.2. The predicted molar refractivity (Wildman–Crippen MR) is 143 cm³/mol. The average molecular weight is 560 g/mol. The van der Waals surface area contributed by atoms with E-state index in [4.69, 9.17) is 16.3 Å². The molecule has 0 radical (unpaired) electrons. The van der Waals surface area contributed by atoms with Crippen molar-refractivity contribution in [3.63, 3.8) is 0 Å². The minimum absolute atomic E-state index is 0.0612. The maximum Gasteiger partial charge on any atom is 0.288 e. The van der Waals surface area contributed by atoms with Crippen LogP contribution >= 0.6 is 22.9 Å². The van der Waals surface area contributed by atoms with Gasteiger partial charge < -0.3 is 14.5 Å². The molecule has 38 heavy (non-hydrogen) atoms. The Kier molecular flexibility index (Phi) is 9.09. The number of nitro benzene ring substituents is 1. The molecule has 200 valence electrons. The molecule has 1 fully saturated rings. The summed E-state index contributed by atoms with van der Waals surface area (Å²) < 4.78 is 19.2. The number of carbonyl (C=O) groups excluding carboxylic acids is 2. The molecule has 3 aromatic rings. The number of nitro groups is 1. The Bertz CT molecular complexity index is 1310. The second kappa shape index (κ2) is 12.5. The zero-order valence-corrected chi connectivity index (χ0v) is 22.3. The lowest BCUT2D eigenvalue weighted by Crippen LogP contribution is -2.45. The second-order valence-electron chi connectivity index (χ2n) is 9.15. The van der Waals surface area contributed by atoms with Gasteiger partial charge in [0.2, 0.25) is 5.91 Å².